The van der Waals surface area contributed by atoms with E-state index in [1.165, 1.54) is 12.0 Å². The Morgan fingerprint density at radius 1 is 1.40 bits per heavy atom. The summed E-state index contributed by atoms with van der Waals surface area (Å²) >= 11 is 0. The fourth-order valence-electron chi connectivity index (χ4n) is 2.54. The zero-order valence-electron chi connectivity index (χ0n) is 11.7. The molecule has 2 rings (SSSR count). The zero-order chi connectivity index (χ0) is 14.7. The normalized spacial score (nSPS) is 22.4. The van der Waals surface area contributed by atoms with Gasteiger partial charge in [0, 0.05) is 12.1 Å². The molecule has 0 radical (unpaired) electrons. The number of benzene rings is 1. The van der Waals surface area contributed by atoms with Crippen LogP contribution in [0.2, 0.25) is 0 Å². The van der Waals surface area contributed by atoms with E-state index in [0.29, 0.717) is 30.2 Å². The first-order valence-corrected chi connectivity index (χ1v) is 6.70. The number of piperidine rings is 1. The maximum atomic E-state index is 12.5. The number of rotatable bonds is 3. The minimum atomic E-state index is -0.937. The standard InChI is InChI=1S/C15H19NO4/c1-10-6-7-16(13(8-10)15(18)19)14(17)11-4-3-5-12(9-11)20-2/h3-5,9-10,13H,6-8H2,1-2H3,(H,18,19). The van der Waals surface area contributed by atoms with E-state index < -0.39 is 12.0 Å². The molecule has 2 unspecified atom stereocenters. The van der Waals surface area contributed by atoms with Crippen LogP contribution in [0.3, 0.4) is 0 Å². The van der Waals surface area contributed by atoms with E-state index in [-0.39, 0.29) is 5.91 Å². The van der Waals surface area contributed by atoms with Crippen molar-refractivity contribution in [2.45, 2.75) is 25.8 Å². The summed E-state index contributed by atoms with van der Waals surface area (Å²) in [5.41, 5.74) is 0.463. The van der Waals surface area contributed by atoms with Gasteiger partial charge in [0.25, 0.3) is 5.91 Å². The highest BCUT2D eigenvalue weighted by Crippen LogP contribution is 2.25. The van der Waals surface area contributed by atoms with Gasteiger partial charge >= 0.3 is 5.97 Å². The Bertz CT molecular complexity index is 514. The molecule has 5 heteroatoms. The van der Waals surface area contributed by atoms with Gasteiger partial charge in [-0.2, -0.15) is 0 Å². The Hall–Kier alpha value is -2.04. The van der Waals surface area contributed by atoms with Crippen molar-refractivity contribution in [1.82, 2.24) is 4.90 Å². The third-order valence-corrected chi connectivity index (χ3v) is 3.73. The Labute approximate surface area is 118 Å². The molecule has 0 spiro atoms. The molecule has 1 aromatic carbocycles. The molecular weight excluding hydrogens is 258 g/mol. The third-order valence-electron chi connectivity index (χ3n) is 3.73. The fourth-order valence-corrected chi connectivity index (χ4v) is 2.54. The molecule has 1 N–H and O–H groups in total. The van der Waals surface area contributed by atoms with Crippen LogP contribution in [0.5, 0.6) is 5.75 Å². The van der Waals surface area contributed by atoms with E-state index in [1.807, 2.05) is 6.92 Å². The van der Waals surface area contributed by atoms with Crippen LogP contribution in [0, 0.1) is 5.92 Å². The second kappa shape index (κ2) is 5.94. The number of hydrogen-bond donors (Lipinski definition) is 1. The number of likely N-dealkylation sites (tertiary alicyclic amines) is 1. The average Bonchev–Trinajstić information content (AvgIpc) is 2.46. The monoisotopic (exact) mass is 277 g/mol. The van der Waals surface area contributed by atoms with Crippen LogP contribution in [0.1, 0.15) is 30.1 Å². The highest BCUT2D eigenvalue weighted by atomic mass is 16.5. The van der Waals surface area contributed by atoms with Crippen molar-refractivity contribution in [2.75, 3.05) is 13.7 Å². The summed E-state index contributed by atoms with van der Waals surface area (Å²) in [5, 5.41) is 9.30. The quantitative estimate of drug-likeness (QED) is 0.918. The second-order valence-corrected chi connectivity index (χ2v) is 5.21. The molecule has 0 bridgehead atoms. The predicted molar refractivity (Wildman–Crippen MR) is 73.9 cm³/mol. The van der Waals surface area contributed by atoms with Crippen LogP contribution in [0.4, 0.5) is 0 Å². The highest BCUT2D eigenvalue weighted by molar-refractivity contribution is 5.97. The molecule has 1 saturated heterocycles. The Morgan fingerprint density at radius 3 is 2.80 bits per heavy atom. The number of aliphatic carboxylic acids is 1. The maximum absolute atomic E-state index is 12.5. The van der Waals surface area contributed by atoms with Gasteiger partial charge in [-0.25, -0.2) is 4.79 Å². The summed E-state index contributed by atoms with van der Waals surface area (Å²) in [6.07, 6.45) is 1.34. The SMILES string of the molecule is COc1cccc(C(=O)N2CCC(C)CC2C(=O)O)c1. The zero-order valence-corrected chi connectivity index (χ0v) is 11.7. The molecule has 2 atom stereocenters. The minimum absolute atomic E-state index is 0.247. The van der Waals surface area contributed by atoms with E-state index in [2.05, 4.69) is 0 Å². The molecule has 1 aliphatic rings. The van der Waals surface area contributed by atoms with Crippen LogP contribution in [0.15, 0.2) is 24.3 Å². The van der Waals surface area contributed by atoms with Gasteiger partial charge in [0.2, 0.25) is 0 Å². The van der Waals surface area contributed by atoms with Crippen molar-refractivity contribution < 1.29 is 19.4 Å². The molecule has 20 heavy (non-hydrogen) atoms. The molecule has 1 amide bonds. The van der Waals surface area contributed by atoms with E-state index in [9.17, 15) is 14.7 Å². The van der Waals surface area contributed by atoms with Crippen molar-refractivity contribution in [3.05, 3.63) is 29.8 Å². The summed E-state index contributed by atoms with van der Waals surface area (Å²) < 4.78 is 5.10. The minimum Gasteiger partial charge on any atom is -0.497 e. The van der Waals surface area contributed by atoms with Gasteiger partial charge in [0.15, 0.2) is 0 Å². The highest BCUT2D eigenvalue weighted by Gasteiger charge is 2.35. The van der Waals surface area contributed by atoms with Crippen molar-refractivity contribution in [3.63, 3.8) is 0 Å². The first-order chi connectivity index (χ1) is 9.52. The summed E-state index contributed by atoms with van der Waals surface area (Å²) in [6, 6.07) is 6.07. The van der Waals surface area contributed by atoms with Gasteiger partial charge in [-0.3, -0.25) is 4.79 Å². The number of methoxy groups -OCH3 is 1. The van der Waals surface area contributed by atoms with Crippen molar-refractivity contribution in [2.24, 2.45) is 5.92 Å². The molecule has 0 aromatic heterocycles. The lowest BCUT2D eigenvalue weighted by molar-refractivity contribution is -0.144. The molecule has 1 fully saturated rings. The first kappa shape index (κ1) is 14.4. The van der Waals surface area contributed by atoms with E-state index in [1.54, 1.807) is 24.3 Å². The van der Waals surface area contributed by atoms with Crippen LogP contribution in [-0.4, -0.2) is 41.6 Å². The van der Waals surface area contributed by atoms with Gasteiger partial charge in [-0.1, -0.05) is 13.0 Å². The smallest absolute Gasteiger partial charge is 0.326 e. The Morgan fingerprint density at radius 2 is 2.15 bits per heavy atom. The molecule has 1 heterocycles. The van der Waals surface area contributed by atoms with Gasteiger partial charge in [0.05, 0.1) is 7.11 Å². The third kappa shape index (κ3) is 2.92. The number of nitrogens with zero attached hydrogens (tertiary/aromatic N) is 1. The number of carbonyl (C=O) groups is 2. The number of carboxylic acids is 1. The topological polar surface area (TPSA) is 66.8 Å². The molecule has 5 nitrogen and oxygen atoms in total. The van der Waals surface area contributed by atoms with Crippen LogP contribution in [0.25, 0.3) is 0 Å². The van der Waals surface area contributed by atoms with Crippen molar-refractivity contribution in [1.29, 1.82) is 0 Å². The second-order valence-electron chi connectivity index (χ2n) is 5.21. The summed E-state index contributed by atoms with van der Waals surface area (Å²) in [6.45, 7) is 2.50. The number of carbonyl (C=O) groups excluding carboxylic acids is 1. The van der Waals surface area contributed by atoms with Gasteiger partial charge in [-0.15, -0.1) is 0 Å². The molecule has 1 aliphatic heterocycles. The molecular formula is C15H19NO4. The fraction of sp³-hybridized carbons (Fsp3) is 0.467. The number of carboxylic acid groups (broad SMARTS) is 1. The van der Waals surface area contributed by atoms with E-state index >= 15 is 0 Å². The van der Waals surface area contributed by atoms with Gasteiger partial charge < -0.3 is 14.7 Å². The van der Waals surface area contributed by atoms with Crippen molar-refractivity contribution >= 4 is 11.9 Å². The Kier molecular flexibility index (Phi) is 4.27. The molecule has 108 valence electrons. The summed E-state index contributed by atoms with van der Waals surface area (Å²) in [4.78, 5) is 25.3. The predicted octanol–water partition coefficient (Wildman–Crippen LogP) is 2.02. The van der Waals surface area contributed by atoms with Crippen LogP contribution in [-0.2, 0) is 4.79 Å². The van der Waals surface area contributed by atoms with Gasteiger partial charge in [-0.05, 0) is 37.0 Å². The number of amides is 1. The Balaban J connectivity index is 2.23. The lowest BCUT2D eigenvalue weighted by Crippen LogP contribution is -2.49. The number of ether oxygens (including phenoxy) is 1. The van der Waals surface area contributed by atoms with Crippen LogP contribution < -0.4 is 4.74 Å². The first-order valence-electron chi connectivity index (χ1n) is 6.70. The lowest BCUT2D eigenvalue weighted by Gasteiger charge is -2.36. The maximum Gasteiger partial charge on any atom is 0.326 e. The lowest BCUT2D eigenvalue weighted by atomic mass is 9.92. The molecule has 0 saturated carbocycles. The molecule has 1 aromatic rings. The number of hydrogen-bond acceptors (Lipinski definition) is 3. The van der Waals surface area contributed by atoms with Crippen molar-refractivity contribution in [3.8, 4) is 5.75 Å². The van der Waals surface area contributed by atoms with E-state index in [0.717, 1.165) is 6.42 Å². The van der Waals surface area contributed by atoms with E-state index in [4.69, 9.17) is 4.74 Å². The van der Waals surface area contributed by atoms with Crippen LogP contribution >= 0.6 is 0 Å². The van der Waals surface area contributed by atoms with Gasteiger partial charge in [0.1, 0.15) is 11.8 Å². The largest absolute Gasteiger partial charge is 0.497 e. The summed E-state index contributed by atoms with van der Waals surface area (Å²) in [5.74, 6) is -0.269. The molecule has 0 aliphatic carbocycles. The average molecular weight is 277 g/mol. The summed E-state index contributed by atoms with van der Waals surface area (Å²) in [7, 11) is 1.53.